The van der Waals surface area contributed by atoms with Crippen LogP contribution >= 0.6 is 11.3 Å². The van der Waals surface area contributed by atoms with Crippen molar-refractivity contribution in [2.45, 2.75) is 45.3 Å². The summed E-state index contributed by atoms with van der Waals surface area (Å²) in [5, 5.41) is 16.4. The molecular weight excluding hydrogens is 276 g/mol. The lowest BCUT2D eigenvalue weighted by molar-refractivity contribution is 0.0921. The Morgan fingerprint density at radius 3 is 2.90 bits per heavy atom. The molecule has 2 rings (SSSR count). The summed E-state index contributed by atoms with van der Waals surface area (Å²) in [4.78, 5) is 16.7. The third-order valence-corrected chi connectivity index (χ3v) is 4.42. The minimum atomic E-state index is -0.299. The number of anilines is 2. The number of hydrogen-bond acceptors (Lipinski definition) is 6. The van der Waals surface area contributed by atoms with Crippen molar-refractivity contribution in [2.24, 2.45) is 5.92 Å². The van der Waals surface area contributed by atoms with Gasteiger partial charge in [0.05, 0.1) is 6.10 Å². The summed E-state index contributed by atoms with van der Waals surface area (Å²) >= 11 is 1.26. The normalized spacial score (nSPS) is 22.2. The predicted octanol–water partition coefficient (Wildman–Crippen LogP) is 1.44. The standard InChI is InChI=1S/C13H22N4O2S/c1-7(2)16-13-17-11(14)10(20-13)12(19)15-6-8-4-3-5-9(8)18/h7-9,18H,3-6,14H2,1-2H3,(H,15,19)(H,16,17). The SMILES string of the molecule is CC(C)Nc1nc(N)c(C(=O)NCC2CCCC2O)s1. The molecule has 0 spiro atoms. The van der Waals surface area contributed by atoms with Crippen LogP contribution in [0.15, 0.2) is 0 Å². The molecule has 1 aliphatic carbocycles. The van der Waals surface area contributed by atoms with Crippen LogP contribution in [-0.4, -0.2) is 34.7 Å². The summed E-state index contributed by atoms with van der Waals surface area (Å²) in [6.07, 6.45) is 2.51. The highest BCUT2D eigenvalue weighted by atomic mass is 32.1. The smallest absolute Gasteiger partial charge is 0.265 e. The van der Waals surface area contributed by atoms with Crippen LogP contribution in [-0.2, 0) is 0 Å². The molecule has 0 aromatic carbocycles. The van der Waals surface area contributed by atoms with E-state index in [2.05, 4.69) is 15.6 Å². The molecule has 7 heteroatoms. The van der Waals surface area contributed by atoms with E-state index in [0.717, 1.165) is 19.3 Å². The molecule has 1 fully saturated rings. The Labute approximate surface area is 122 Å². The number of carbonyl (C=O) groups excluding carboxylic acids is 1. The van der Waals surface area contributed by atoms with Gasteiger partial charge in [-0.25, -0.2) is 4.98 Å². The number of nitrogens with one attached hydrogen (secondary N) is 2. The lowest BCUT2D eigenvalue weighted by atomic mass is 10.1. The Morgan fingerprint density at radius 2 is 2.30 bits per heavy atom. The summed E-state index contributed by atoms with van der Waals surface area (Å²) in [6, 6.07) is 0.241. The first kappa shape index (κ1) is 15.1. The maximum atomic E-state index is 12.1. The minimum Gasteiger partial charge on any atom is -0.393 e. The third-order valence-electron chi connectivity index (χ3n) is 3.42. The molecule has 2 unspecified atom stereocenters. The van der Waals surface area contributed by atoms with Crippen molar-refractivity contribution >= 4 is 28.2 Å². The van der Waals surface area contributed by atoms with E-state index < -0.39 is 0 Å². The van der Waals surface area contributed by atoms with E-state index in [1.807, 2.05) is 13.8 Å². The van der Waals surface area contributed by atoms with Crippen LogP contribution in [0.5, 0.6) is 0 Å². The molecule has 0 saturated heterocycles. The van der Waals surface area contributed by atoms with Gasteiger partial charge in [0, 0.05) is 18.5 Å². The Kier molecular flexibility index (Phi) is 4.82. The number of carbonyl (C=O) groups is 1. The van der Waals surface area contributed by atoms with Gasteiger partial charge in [-0.2, -0.15) is 0 Å². The second-order valence-corrected chi connectivity index (χ2v) is 6.50. The number of hydrogen-bond donors (Lipinski definition) is 4. The lowest BCUT2D eigenvalue weighted by Crippen LogP contribution is -2.32. The number of nitrogen functional groups attached to an aromatic ring is 1. The van der Waals surface area contributed by atoms with Gasteiger partial charge in [-0.15, -0.1) is 0 Å². The number of thiazole rings is 1. The Hall–Kier alpha value is -1.34. The van der Waals surface area contributed by atoms with E-state index >= 15 is 0 Å². The van der Waals surface area contributed by atoms with Gasteiger partial charge in [-0.1, -0.05) is 17.8 Å². The van der Waals surface area contributed by atoms with Crippen LogP contribution in [0.2, 0.25) is 0 Å². The summed E-state index contributed by atoms with van der Waals surface area (Å²) in [6.45, 7) is 4.49. The lowest BCUT2D eigenvalue weighted by Gasteiger charge is -2.14. The van der Waals surface area contributed by atoms with Gasteiger partial charge in [0.25, 0.3) is 5.91 Å². The molecule has 0 aliphatic heterocycles. The summed E-state index contributed by atoms with van der Waals surface area (Å²) in [5.41, 5.74) is 5.78. The molecule has 20 heavy (non-hydrogen) atoms. The van der Waals surface area contributed by atoms with E-state index in [-0.39, 0.29) is 29.8 Å². The molecule has 2 atom stereocenters. The van der Waals surface area contributed by atoms with Crippen LogP contribution in [0.25, 0.3) is 0 Å². The fourth-order valence-electron chi connectivity index (χ4n) is 2.36. The van der Waals surface area contributed by atoms with E-state index in [0.29, 0.717) is 16.6 Å². The average Bonchev–Trinajstić information content (AvgIpc) is 2.92. The first-order valence-corrected chi connectivity index (χ1v) is 7.78. The highest BCUT2D eigenvalue weighted by molar-refractivity contribution is 7.18. The second kappa shape index (κ2) is 6.41. The first-order chi connectivity index (χ1) is 9.47. The van der Waals surface area contributed by atoms with Gasteiger partial charge >= 0.3 is 0 Å². The molecular formula is C13H22N4O2S. The highest BCUT2D eigenvalue weighted by Crippen LogP contribution is 2.27. The molecule has 1 aliphatic rings. The molecule has 1 saturated carbocycles. The molecule has 1 heterocycles. The number of nitrogens with two attached hydrogens (primary N) is 1. The van der Waals surface area contributed by atoms with Gasteiger partial charge in [0.15, 0.2) is 5.13 Å². The Balaban J connectivity index is 1.93. The van der Waals surface area contributed by atoms with Gasteiger partial charge in [-0.3, -0.25) is 4.79 Å². The van der Waals surface area contributed by atoms with Crippen molar-refractivity contribution < 1.29 is 9.90 Å². The van der Waals surface area contributed by atoms with Gasteiger partial charge in [0.2, 0.25) is 0 Å². The number of nitrogens with zero attached hydrogens (tertiary/aromatic N) is 1. The molecule has 112 valence electrons. The molecule has 5 N–H and O–H groups in total. The van der Waals surface area contributed by atoms with Crippen molar-refractivity contribution in [3.63, 3.8) is 0 Å². The predicted molar refractivity (Wildman–Crippen MR) is 81.0 cm³/mol. The zero-order valence-electron chi connectivity index (χ0n) is 11.8. The topological polar surface area (TPSA) is 100 Å². The maximum absolute atomic E-state index is 12.1. The maximum Gasteiger partial charge on any atom is 0.265 e. The molecule has 1 amide bonds. The quantitative estimate of drug-likeness (QED) is 0.659. The largest absolute Gasteiger partial charge is 0.393 e. The van der Waals surface area contributed by atoms with Crippen molar-refractivity contribution in [3.05, 3.63) is 4.88 Å². The van der Waals surface area contributed by atoms with Crippen molar-refractivity contribution in [3.8, 4) is 0 Å². The average molecular weight is 298 g/mol. The van der Waals surface area contributed by atoms with E-state index in [4.69, 9.17) is 5.73 Å². The summed E-state index contributed by atoms with van der Waals surface area (Å²) < 4.78 is 0. The minimum absolute atomic E-state index is 0.154. The number of amides is 1. The first-order valence-electron chi connectivity index (χ1n) is 6.96. The van der Waals surface area contributed by atoms with Crippen molar-refractivity contribution in [1.29, 1.82) is 0 Å². The van der Waals surface area contributed by atoms with Gasteiger partial charge in [0.1, 0.15) is 10.7 Å². The van der Waals surface area contributed by atoms with E-state index in [9.17, 15) is 9.90 Å². The van der Waals surface area contributed by atoms with Gasteiger partial charge in [-0.05, 0) is 26.7 Å². The van der Waals surface area contributed by atoms with Gasteiger partial charge < -0.3 is 21.5 Å². The van der Waals surface area contributed by atoms with Crippen LogP contribution in [0, 0.1) is 5.92 Å². The van der Waals surface area contributed by atoms with Crippen LogP contribution in [0.4, 0.5) is 10.9 Å². The van der Waals surface area contributed by atoms with E-state index in [1.165, 1.54) is 11.3 Å². The molecule has 0 radical (unpaired) electrons. The zero-order chi connectivity index (χ0) is 14.7. The fraction of sp³-hybridized carbons (Fsp3) is 0.692. The number of aliphatic hydroxyl groups is 1. The Bertz CT molecular complexity index is 475. The van der Waals surface area contributed by atoms with E-state index in [1.54, 1.807) is 0 Å². The van der Waals surface area contributed by atoms with Crippen molar-refractivity contribution in [2.75, 3.05) is 17.6 Å². The number of aromatic nitrogens is 1. The fourth-order valence-corrected chi connectivity index (χ4v) is 3.31. The van der Waals surface area contributed by atoms with Crippen LogP contribution < -0.4 is 16.4 Å². The molecule has 0 bridgehead atoms. The van der Waals surface area contributed by atoms with Crippen molar-refractivity contribution in [1.82, 2.24) is 10.3 Å². The zero-order valence-corrected chi connectivity index (χ0v) is 12.7. The van der Waals surface area contributed by atoms with Crippen LogP contribution in [0.1, 0.15) is 42.8 Å². The monoisotopic (exact) mass is 298 g/mol. The Morgan fingerprint density at radius 1 is 1.55 bits per heavy atom. The second-order valence-electron chi connectivity index (χ2n) is 5.50. The number of aliphatic hydroxyl groups excluding tert-OH is 1. The van der Waals surface area contributed by atoms with Crippen LogP contribution in [0.3, 0.4) is 0 Å². The molecule has 1 aromatic rings. The summed E-state index contributed by atoms with van der Waals surface area (Å²) in [5.74, 6) is 0.194. The third kappa shape index (κ3) is 3.61. The highest BCUT2D eigenvalue weighted by Gasteiger charge is 2.26. The molecule has 6 nitrogen and oxygen atoms in total. The summed E-state index contributed by atoms with van der Waals surface area (Å²) in [7, 11) is 0. The molecule has 1 aromatic heterocycles. The number of rotatable bonds is 5.